The van der Waals surface area contributed by atoms with E-state index in [9.17, 15) is 4.79 Å². The first-order valence-electron chi connectivity index (χ1n) is 4.83. The summed E-state index contributed by atoms with van der Waals surface area (Å²) in [5.41, 5.74) is -0.175. The molecule has 0 aromatic rings. The van der Waals surface area contributed by atoms with E-state index in [1.807, 2.05) is 27.7 Å². The smallest absolute Gasteiger partial charge is 0.227 e. The second-order valence-corrected chi connectivity index (χ2v) is 4.77. The number of carbonyl (C=O) groups is 1. The molecule has 0 heterocycles. The van der Waals surface area contributed by atoms with Crippen LogP contribution >= 0.6 is 11.6 Å². The van der Waals surface area contributed by atoms with Gasteiger partial charge in [0.25, 0.3) is 0 Å². The number of amides is 1. The van der Waals surface area contributed by atoms with E-state index in [0.717, 1.165) is 0 Å². The molecular formula is C11H20ClNO. The van der Waals surface area contributed by atoms with Gasteiger partial charge in [0, 0.05) is 23.9 Å². The van der Waals surface area contributed by atoms with Crippen LogP contribution in [0.15, 0.2) is 12.7 Å². The summed E-state index contributed by atoms with van der Waals surface area (Å²) in [6, 6.07) is 0. The monoisotopic (exact) mass is 217 g/mol. The van der Waals surface area contributed by atoms with Gasteiger partial charge >= 0.3 is 0 Å². The lowest BCUT2D eigenvalue weighted by Crippen LogP contribution is -2.48. The van der Waals surface area contributed by atoms with Gasteiger partial charge in [0.1, 0.15) is 0 Å². The Morgan fingerprint density at radius 1 is 1.57 bits per heavy atom. The van der Waals surface area contributed by atoms with Crippen molar-refractivity contribution in [2.75, 3.05) is 12.4 Å². The molecule has 0 saturated heterocycles. The summed E-state index contributed by atoms with van der Waals surface area (Å²) in [7, 11) is 0. The van der Waals surface area contributed by atoms with Gasteiger partial charge in [-0.05, 0) is 20.8 Å². The molecule has 0 fully saturated rings. The predicted molar refractivity (Wildman–Crippen MR) is 61.5 cm³/mol. The van der Waals surface area contributed by atoms with Crippen molar-refractivity contribution >= 4 is 17.5 Å². The number of halogens is 1. The minimum absolute atomic E-state index is 0.0902. The first-order valence-corrected chi connectivity index (χ1v) is 5.36. The highest BCUT2D eigenvalue weighted by molar-refractivity contribution is 6.19. The molecule has 0 aliphatic heterocycles. The van der Waals surface area contributed by atoms with E-state index < -0.39 is 0 Å². The number of hydrogen-bond acceptors (Lipinski definition) is 1. The lowest BCUT2D eigenvalue weighted by atomic mass is 10.0. The fourth-order valence-corrected chi connectivity index (χ4v) is 1.29. The van der Waals surface area contributed by atoms with Crippen LogP contribution in [-0.4, -0.2) is 28.8 Å². The fraction of sp³-hybridized carbons (Fsp3) is 0.727. The summed E-state index contributed by atoms with van der Waals surface area (Å²) in [5, 5.41) is 0. The van der Waals surface area contributed by atoms with Crippen LogP contribution in [0, 0.1) is 5.92 Å². The molecule has 0 bridgehead atoms. The molecule has 0 N–H and O–H groups in total. The van der Waals surface area contributed by atoms with Crippen molar-refractivity contribution in [1.82, 2.24) is 4.90 Å². The first-order chi connectivity index (χ1) is 6.34. The number of hydrogen-bond donors (Lipinski definition) is 0. The molecule has 0 radical (unpaired) electrons. The normalized spacial score (nSPS) is 13.5. The second kappa shape index (κ2) is 5.40. The van der Waals surface area contributed by atoms with Crippen molar-refractivity contribution in [3.63, 3.8) is 0 Å². The minimum Gasteiger partial charge on any atom is -0.334 e. The lowest BCUT2D eigenvalue weighted by molar-refractivity contribution is -0.138. The Labute approximate surface area is 91.9 Å². The van der Waals surface area contributed by atoms with E-state index in [1.165, 1.54) is 0 Å². The molecule has 0 aliphatic rings. The van der Waals surface area contributed by atoms with Crippen molar-refractivity contribution in [2.45, 2.75) is 33.2 Å². The van der Waals surface area contributed by atoms with Crippen LogP contribution in [0.25, 0.3) is 0 Å². The van der Waals surface area contributed by atoms with Gasteiger partial charge in [0.15, 0.2) is 0 Å². The van der Waals surface area contributed by atoms with Gasteiger partial charge in [0.05, 0.1) is 0 Å². The van der Waals surface area contributed by atoms with Crippen molar-refractivity contribution in [1.29, 1.82) is 0 Å². The summed E-state index contributed by atoms with van der Waals surface area (Å²) in [5.74, 6) is 0.325. The zero-order chi connectivity index (χ0) is 11.4. The predicted octanol–water partition coefficient (Wildman–Crippen LogP) is 2.67. The molecule has 0 spiro atoms. The molecule has 1 unspecified atom stereocenters. The van der Waals surface area contributed by atoms with E-state index in [2.05, 4.69) is 6.58 Å². The molecule has 0 rings (SSSR count). The van der Waals surface area contributed by atoms with E-state index in [0.29, 0.717) is 12.4 Å². The Morgan fingerprint density at radius 3 is 2.36 bits per heavy atom. The summed E-state index contributed by atoms with van der Waals surface area (Å²) in [6.07, 6.45) is 1.74. The molecular weight excluding hydrogens is 198 g/mol. The number of rotatable bonds is 4. The molecule has 0 aromatic carbocycles. The molecule has 1 amide bonds. The van der Waals surface area contributed by atoms with Crippen LogP contribution < -0.4 is 0 Å². The first kappa shape index (κ1) is 13.5. The fourth-order valence-electron chi connectivity index (χ4n) is 1.16. The van der Waals surface area contributed by atoms with Gasteiger partial charge in [-0.2, -0.15) is 0 Å². The van der Waals surface area contributed by atoms with Gasteiger partial charge in [0.2, 0.25) is 5.91 Å². The van der Waals surface area contributed by atoms with E-state index >= 15 is 0 Å². The zero-order valence-electron chi connectivity index (χ0n) is 9.51. The van der Waals surface area contributed by atoms with Gasteiger partial charge in [-0.15, -0.1) is 18.2 Å². The van der Waals surface area contributed by atoms with Crippen LogP contribution in [-0.2, 0) is 4.79 Å². The van der Waals surface area contributed by atoms with Crippen molar-refractivity contribution in [3.05, 3.63) is 12.7 Å². The third-order valence-electron chi connectivity index (χ3n) is 2.04. The Kier molecular flexibility index (Phi) is 5.21. The van der Waals surface area contributed by atoms with Crippen LogP contribution in [0.1, 0.15) is 27.7 Å². The molecule has 0 saturated carbocycles. The maximum Gasteiger partial charge on any atom is 0.227 e. The van der Waals surface area contributed by atoms with Crippen molar-refractivity contribution in [2.24, 2.45) is 5.92 Å². The average molecular weight is 218 g/mol. The molecule has 0 aliphatic carbocycles. The Morgan fingerprint density at radius 2 is 2.07 bits per heavy atom. The Balaban J connectivity index is 4.65. The Hall–Kier alpha value is -0.500. The van der Waals surface area contributed by atoms with E-state index in [1.54, 1.807) is 11.0 Å². The van der Waals surface area contributed by atoms with Crippen LogP contribution in [0.4, 0.5) is 0 Å². The van der Waals surface area contributed by atoms with Gasteiger partial charge in [-0.1, -0.05) is 13.0 Å². The van der Waals surface area contributed by atoms with E-state index in [-0.39, 0.29) is 17.4 Å². The van der Waals surface area contributed by atoms with Crippen molar-refractivity contribution < 1.29 is 4.79 Å². The molecule has 1 atom stereocenters. The maximum absolute atomic E-state index is 11.9. The van der Waals surface area contributed by atoms with Crippen LogP contribution in [0.2, 0.25) is 0 Å². The largest absolute Gasteiger partial charge is 0.334 e. The van der Waals surface area contributed by atoms with Gasteiger partial charge in [-0.3, -0.25) is 4.79 Å². The third kappa shape index (κ3) is 3.70. The highest BCUT2D eigenvalue weighted by Gasteiger charge is 2.28. The lowest BCUT2D eigenvalue weighted by Gasteiger charge is -2.36. The van der Waals surface area contributed by atoms with Crippen LogP contribution in [0.5, 0.6) is 0 Å². The summed E-state index contributed by atoms with van der Waals surface area (Å²) in [4.78, 5) is 13.7. The zero-order valence-corrected chi connectivity index (χ0v) is 10.3. The Bertz CT molecular complexity index is 208. The molecule has 0 aromatic heterocycles. The highest BCUT2D eigenvalue weighted by atomic mass is 35.5. The number of carbonyl (C=O) groups excluding carboxylic acids is 1. The summed E-state index contributed by atoms with van der Waals surface area (Å²) in [6.45, 7) is 12.1. The maximum atomic E-state index is 11.9. The molecule has 3 heteroatoms. The van der Waals surface area contributed by atoms with Gasteiger partial charge in [-0.25, -0.2) is 0 Å². The summed E-state index contributed by atoms with van der Waals surface area (Å²) < 4.78 is 0. The third-order valence-corrected chi connectivity index (χ3v) is 2.50. The molecule has 14 heavy (non-hydrogen) atoms. The summed E-state index contributed by atoms with van der Waals surface area (Å²) >= 11 is 5.67. The minimum atomic E-state index is -0.175. The van der Waals surface area contributed by atoms with Gasteiger partial charge < -0.3 is 4.90 Å². The average Bonchev–Trinajstić information content (AvgIpc) is 2.09. The second-order valence-electron chi connectivity index (χ2n) is 4.46. The van der Waals surface area contributed by atoms with Crippen LogP contribution in [0.3, 0.4) is 0 Å². The molecule has 82 valence electrons. The SMILES string of the molecule is C=CCN(C(=O)C(C)CCl)C(C)(C)C. The highest BCUT2D eigenvalue weighted by Crippen LogP contribution is 2.17. The molecule has 2 nitrogen and oxygen atoms in total. The van der Waals surface area contributed by atoms with E-state index in [4.69, 9.17) is 11.6 Å². The quantitative estimate of drug-likeness (QED) is 0.524. The number of nitrogens with zero attached hydrogens (tertiary/aromatic N) is 1. The standard InChI is InChI=1S/C11H20ClNO/c1-6-7-13(11(3,4)5)10(14)9(2)8-12/h6,9H,1,7-8H2,2-5H3. The topological polar surface area (TPSA) is 20.3 Å². The van der Waals surface area contributed by atoms with Crippen molar-refractivity contribution in [3.8, 4) is 0 Å². The number of alkyl halides is 1.